The number of hydrogen-bond donors (Lipinski definition) is 1. The van der Waals surface area contributed by atoms with Crippen LogP contribution in [0.4, 0.5) is 0 Å². The summed E-state index contributed by atoms with van der Waals surface area (Å²) in [5.74, 6) is 0.920. The van der Waals surface area contributed by atoms with Gasteiger partial charge in [-0.3, -0.25) is 0 Å². The first kappa shape index (κ1) is 10.4. The Morgan fingerprint density at radius 1 is 1.43 bits per heavy atom. The first-order valence-electron chi connectivity index (χ1n) is 6.09. The van der Waals surface area contributed by atoms with E-state index >= 15 is 0 Å². The number of nitrogens with one attached hydrogen (secondary N) is 1. The molecule has 0 saturated carbocycles. The van der Waals surface area contributed by atoms with E-state index < -0.39 is 0 Å². The Labute approximate surface area is 88.1 Å². The normalized spacial score (nSPS) is 33.4. The summed E-state index contributed by atoms with van der Waals surface area (Å²) in [6, 6.07) is 0. The van der Waals surface area contributed by atoms with E-state index in [0.29, 0.717) is 5.41 Å². The summed E-state index contributed by atoms with van der Waals surface area (Å²) < 4.78 is 0. The molecular formula is C12H24N2. The Kier molecular flexibility index (Phi) is 3.13. The molecule has 0 radical (unpaired) electrons. The van der Waals surface area contributed by atoms with Crippen LogP contribution in [0.2, 0.25) is 0 Å². The minimum absolute atomic E-state index is 0.560. The van der Waals surface area contributed by atoms with E-state index in [2.05, 4.69) is 24.1 Å². The van der Waals surface area contributed by atoms with Gasteiger partial charge in [0.2, 0.25) is 0 Å². The van der Waals surface area contributed by atoms with Crippen LogP contribution in [0.15, 0.2) is 0 Å². The summed E-state index contributed by atoms with van der Waals surface area (Å²) in [4.78, 5) is 2.68. The molecule has 0 aromatic heterocycles. The van der Waals surface area contributed by atoms with E-state index in [0.717, 1.165) is 5.92 Å². The predicted molar refractivity (Wildman–Crippen MR) is 60.4 cm³/mol. The number of hydrogen-bond acceptors (Lipinski definition) is 2. The van der Waals surface area contributed by atoms with Crippen molar-refractivity contribution in [2.75, 3.05) is 32.7 Å². The van der Waals surface area contributed by atoms with Crippen LogP contribution in [-0.2, 0) is 0 Å². The second-order valence-electron chi connectivity index (χ2n) is 5.86. The van der Waals surface area contributed by atoms with Gasteiger partial charge in [-0.25, -0.2) is 0 Å². The van der Waals surface area contributed by atoms with Crippen LogP contribution in [0.25, 0.3) is 0 Å². The Bertz CT molecular complexity index is 183. The molecule has 0 amide bonds. The Hall–Kier alpha value is -0.0800. The Morgan fingerprint density at radius 3 is 2.93 bits per heavy atom. The predicted octanol–water partition coefficient (Wildman–Crippen LogP) is 1.72. The van der Waals surface area contributed by atoms with E-state index in [9.17, 15) is 0 Å². The summed E-state index contributed by atoms with van der Waals surface area (Å²) in [6.45, 7) is 11.3. The molecule has 0 bridgehead atoms. The quantitative estimate of drug-likeness (QED) is 0.723. The smallest absolute Gasteiger partial charge is 0.00328 e. The van der Waals surface area contributed by atoms with Crippen molar-refractivity contribution in [1.29, 1.82) is 0 Å². The molecule has 2 rings (SSSR count). The second kappa shape index (κ2) is 4.19. The van der Waals surface area contributed by atoms with E-state index in [-0.39, 0.29) is 0 Å². The van der Waals surface area contributed by atoms with Gasteiger partial charge in [-0.15, -0.1) is 0 Å². The largest absolute Gasteiger partial charge is 0.316 e. The lowest BCUT2D eigenvalue weighted by atomic mass is 9.84. The number of likely N-dealkylation sites (tertiary alicyclic amines) is 1. The zero-order valence-corrected chi connectivity index (χ0v) is 9.68. The zero-order valence-electron chi connectivity index (χ0n) is 9.68. The van der Waals surface area contributed by atoms with Crippen molar-refractivity contribution in [2.45, 2.75) is 33.1 Å². The molecule has 1 unspecified atom stereocenters. The van der Waals surface area contributed by atoms with E-state index in [1.807, 2.05) is 0 Å². The maximum absolute atomic E-state index is 3.46. The topological polar surface area (TPSA) is 15.3 Å². The lowest BCUT2D eigenvalue weighted by Gasteiger charge is -2.39. The summed E-state index contributed by atoms with van der Waals surface area (Å²) in [6.07, 6.45) is 4.19. The summed E-state index contributed by atoms with van der Waals surface area (Å²) >= 11 is 0. The molecule has 14 heavy (non-hydrogen) atoms. The highest BCUT2D eigenvalue weighted by molar-refractivity contribution is 4.82. The molecule has 0 aliphatic carbocycles. The van der Waals surface area contributed by atoms with Gasteiger partial charge in [-0.05, 0) is 50.2 Å². The Balaban J connectivity index is 1.79. The average molecular weight is 196 g/mol. The van der Waals surface area contributed by atoms with Gasteiger partial charge >= 0.3 is 0 Å². The minimum atomic E-state index is 0.560. The molecule has 2 heteroatoms. The molecule has 82 valence electrons. The second-order valence-corrected chi connectivity index (χ2v) is 5.86. The van der Waals surface area contributed by atoms with E-state index in [1.165, 1.54) is 52.0 Å². The van der Waals surface area contributed by atoms with Crippen LogP contribution >= 0.6 is 0 Å². The summed E-state index contributed by atoms with van der Waals surface area (Å²) in [7, 11) is 0. The van der Waals surface area contributed by atoms with Crippen molar-refractivity contribution < 1.29 is 0 Å². The molecule has 2 heterocycles. The first-order valence-corrected chi connectivity index (χ1v) is 6.09. The molecule has 2 nitrogen and oxygen atoms in total. The van der Waals surface area contributed by atoms with Crippen molar-refractivity contribution in [3.8, 4) is 0 Å². The molecule has 0 spiro atoms. The fourth-order valence-electron chi connectivity index (χ4n) is 2.94. The lowest BCUT2D eigenvalue weighted by molar-refractivity contribution is 0.104. The number of nitrogens with zero attached hydrogens (tertiary/aromatic N) is 1. The molecule has 2 fully saturated rings. The average Bonchev–Trinajstić information content (AvgIpc) is 2.54. The van der Waals surface area contributed by atoms with Crippen molar-refractivity contribution >= 4 is 0 Å². The fraction of sp³-hybridized carbons (Fsp3) is 1.00. The monoisotopic (exact) mass is 196 g/mol. The van der Waals surface area contributed by atoms with Crippen molar-refractivity contribution in [1.82, 2.24) is 10.2 Å². The molecule has 1 N–H and O–H groups in total. The fourth-order valence-corrected chi connectivity index (χ4v) is 2.94. The molecule has 2 aliphatic rings. The summed E-state index contributed by atoms with van der Waals surface area (Å²) in [5.41, 5.74) is 0.560. The van der Waals surface area contributed by atoms with Gasteiger partial charge in [-0.2, -0.15) is 0 Å². The van der Waals surface area contributed by atoms with Crippen LogP contribution < -0.4 is 5.32 Å². The third-order valence-electron chi connectivity index (χ3n) is 3.66. The maximum atomic E-state index is 3.46. The number of rotatable bonds is 2. The van der Waals surface area contributed by atoms with Crippen LogP contribution in [0, 0.1) is 11.3 Å². The molecule has 2 aliphatic heterocycles. The standard InChI is InChI=1S/C12H24N2/c1-12(2)5-3-7-14(10-12)9-11-4-6-13-8-11/h11,13H,3-10H2,1-2H3. The van der Waals surface area contributed by atoms with E-state index in [1.54, 1.807) is 0 Å². The van der Waals surface area contributed by atoms with Gasteiger partial charge in [0.25, 0.3) is 0 Å². The van der Waals surface area contributed by atoms with Crippen LogP contribution in [-0.4, -0.2) is 37.6 Å². The lowest BCUT2D eigenvalue weighted by Crippen LogP contribution is -2.42. The molecule has 0 aromatic carbocycles. The van der Waals surface area contributed by atoms with Gasteiger partial charge in [-0.1, -0.05) is 13.8 Å². The third kappa shape index (κ3) is 2.71. The van der Waals surface area contributed by atoms with Gasteiger partial charge < -0.3 is 10.2 Å². The first-order chi connectivity index (χ1) is 6.66. The van der Waals surface area contributed by atoms with E-state index in [4.69, 9.17) is 0 Å². The maximum Gasteiger partial charge on any atom is 0.00328 e. The van der Waals surface area contributed by atoms with Crippen molar-refractivity contribution in [3.63, 3.8) is 0 Å². The summed E-state index contributed by atoms with van der Waals surface area (Å²) in [5, 5.41) is 3.46. The van der Waals surface area contributed by atoms with Gasteiger partial charge in [0, 0.05) is 13.1 Å². The number of piperidine rings is 1. The minimum Gasteiger partial charge on any atom is -0.316 e. The van der Waals surface area contributed by atoms with Gasteiger partial charge in [0.1, 0.15) is 0 Å². The highest BCUT2D eigenvalue weighted by atomic mass is 15.1. The van der Waals surface area contributed by atoms with Gasteiger partial charge in [0.15, 0.2) is 0 Å². The molecule has 0 aromatic rings. The Morgan fingerprint density at radius 2 is 2.29 bits per heavy atom. The molecule has 1 atom stereocenters. The highest BCUT2D eigenvalue weighted by Crippen LogP contribution is 2.29. The van der Waals surface area contributed by atoms with Crippen molar-refractivity contribution in [3.05, 3.63) is 0 Å². The molecular weight excluding hydrogens is 172 g/mol. The zero-order chi connectivity index (χ0) is 10.0. The van der Waals surface area contributed by atoms with Crippen LogP contribution in [0.5, 0.6) is 0 Å². The molecule has 2 saturated heterocycles. The van der Waals surface area contributed by atoms with Crippen LogP contribution in [0.1, 0.15) is 33.1 Å². The third-order valence-corrected chi connectivity index (χ3v) is 3.66. The van der Waals surface area contributed by atoms with Gasteiger partial charge in [0.05, 0.1) is 0 Å². The SMILES string of the molecule is CC1(C)CCCN(CC2CCNC2)C1. The van der Waals surface area contributed by atoms with Crippen molar-refractivity contribution in [2.24, 2.45) is 11.3 Å². The van der Waals surface area contributed by atoms with Crippen LogP contribution in [0.3, 0.4) is 0 Å². The highest BCUT2D eigenvalue weighted by Gasteiger charge is 2.28.